The second kappa shape index (κ2) is 8.47. The molecule has 1 amide bonds. The fourth-order valence-corrected chi connectivity index (χ4v) is 2.98. The van der Waals surface area contributed by atoms with E-state index >= 15 is 0 Å². The zero-order valence-corrected chi connectivity index (χ0v) is 14.9. The van der Waals surface area contributed by atoms with E-state index in [4.69, 9.17) is 11.2 Å². The van der Waals surface area contributed by atoms with Crippen LogP contribution in [0.25, 0.3) is 0 Å². The highest BCUT2D eigenvalue weighted by Crippen LogP contribution is 2.15. The number of carbonyl (C=O) groups is 1. The maximum Gasteiger partial charge on any atom is 0.260 e. The number of aryl methyl sites for hydroxylation is 1. The fourth-order valence-electron chi connectivity index (χ4n) is 1.84. The van der Waals surface area contributed by atoms with E-state index in [1.807, 2.05) is 25.1 Å². The number of nitrogens with zero attached hydrogens (tertiary/aromatic N) is 2. The first-order valence-corrected chi connectivity index (χ1v) is 9.22. The molecule has 2 N–H and O–H groups in total. The summed E-state index contributed by atoms with van der Waals surface area (Å²) in [6.07, 6.45) is 4.59. The number of benzene rings is 1. The monoisotopic (exact) mass is 359 g/mol. The molecule has 0 fully saturated rings. The van der Waals surface area contributed by atoms with Crippen LogP contribution >= 0.6 is 0 Å². The number of carbonyl (C=O) groups excluding carboxylic acids is 1. The molecule has 124 valence electrons. The van der Waals surface area contributed by atoms with Crippen molar-refractivity contribution < 1.29 is 9.90 Å². The molecule has 0 bridgehead atoms. The number of pyridine rings is 1. The van der Waals surface area contributed by atoms with Crippen LogP contribution in [0.3, 0.4) is 0 Å². The molecule has 0 unspecified atom stereocenters. The predicted molar refractivity (Wildman–Crippen MR) is 101 cm³/mol. The molecule has 0 radical (unpaired) electrons. The summed E-state index contributed by atoms with van der Waals surface area (Å²) in [6, 6.07) is 11.0. The second-order valence-corrected chi connectivity index (χ2v) is 7.06. The number of allylic oxidation sites excluding steroid dienone is 1. The number of hydrogen-bond acceptors (Lipinski definition) is 4. The van der Waals surface area contributed by atoms with Crippen molar-refractivity contribution in [1.82, 2.24) is 4.98 Å². The summed E-state index contributed by atoms with van der Waals surface area (Å²) < 4.78 is 4.21. The van der Waals surface area contributed by atoms with Crippen molar-refractivity contribution in [2.24, 2.45) is 4.40 Å². The molecule has 0 aliphatic rings. The summed E-state index contributed by atoms with van der Waals surface area (Å²) in [4.78, 5) is 17.1. The molecule has 1 heterocycles. The van der Waals surface area contributed by atoms with Crippen molar-refractivity contribution in [2.45, 2.75) is 18.7 Å². The molecule has 1 aromatic heterocycles. The Balaban J connectivity index is 2.17. The largest absolute Gasteiger partial charge is 0.512 e. The van der Waals surface area contributed by atoms with Gasteiger partial charge in [0.2, 0.25) is 0 Å². The van der Waals surface area contributed by atoms with Crippen LogP contribution in [0.2, 0.25) is 0 Å². The summed E-state index contributed by atoms with van der Waals surface area (Å²) >= 11 is 5.31. The van der Waals surface area contributed by atoms with Crippen molar-refractivity contribution in [2.75, 3.05) is 5.32 Å². The van der Waals surface area contributed by atoms with Gasteiger partial charge in [-0.25, -0.2) is 4.40 Å². The number of anilines is 1. The lowest BCUT2D eigenvalue weighted by Gasteiger charge is -2.09. The molecule has 0 aliphatic carbocycles. The number of nitrogens with one attached hydrogen (secondary N) is 1. The molecule has 24 heavy (non-hydrogen) atoms. The highest BCUT2D eigenvalue weighted by Gasteiger charge is 2.12. The number of hydrogen-bond donors (Lipinski definition) is 2. The van der Waals surface area contributed by atoms with Crippen LogP contribution in [0.5, 0.6) is 0 Å². The average molecular weight is 359 g/mol. The Morgan fingerprint density at radius 2 is 1.96 bits per heavy atom. The highest BCUT2D eigenvalue weighted by atomic mass is 32.8. The van der Waals surface area contributed by atoms with E-state index < -0.39 is 15.5 Å². The Morgan fingerprint density at radius 3 is 2.58 bits per heavy atom. The summed E-state index contributed by atoms with van der Waals surface area (Å²) in [5.74, 6) is -0.554. The van der Waals surface area contributed by atoms with Crippen molar-refractivity contribution in [3.05, 3.63) is 65.7 Å². The van der Waals surface area contributed by atoms with Gasteiger partial charge in [-0.3, -0.25) is 9.78 Å². The Morgan fingerprint density at radius 1 is 1.29 bits per heavy atom. The van der Waals surface area contributed by atoms with Gasteiger partial charge in [0.25, 0.3) is 5.91 Å². The van der Waals surface area contributed by atoms with Gasteiger partial charge in [0.15, 0.2) is 0 Å². The topological polar surface area (TPSA) is 74.6 Å². The van der Waals surface area contributed by atoms with Crippen LogP contribution in [0, 0.1) is 6.92 Å². The SMILES string of the molecule is CC(O)=C(C=N[S@@](=S)c1ccncc1)C(=O)Nc1ccccc1C. The Labute approximate surface area is 147 Å². The number of para-hydroxylation sites is 1. The van der Waals surface area contributed by atoms with Gasteiger partial charge in [-0.2, -0.15) is 0 Å². The third-order valence-electron chi connectivity index (χ3n) is 3.16. The summed E-state index contributed by atoms with van der Waals surface area (Å²) in [5, 5.41) is 12.6. The molecule has 0 aliphatic heterocycles. The zero-order chi connectivity index (χ0) is 17.5. The normalized spacial score (nSPS) is 13.4. The van der Waals surface area contributed by atoms with Crippen LogP contribution in [0.15, 0.2) is 69.4 Å². The van der Waals surface area contributed by atoms with Gasteiger partial charge in [0.05, 0.1) is 11.8 Å². The minimum absolute atomic E-state index is 0.0784. The quantitative estimate of drug-likeness (QED) is 0.488. The van der Waals surface area contributed by atoms with Gasteiger partial charge in [0.1, 0.15) is 5.76 Å². The molecule has 5 nitrogen and oxygen atoms in total. The molecule has 2 rings (SSSR count). The maximum atomic E-state index is 12.4. The lowest BCUT2D eigenvalue weighted by molar-refractivity contribution is -0.112. The van der Waals surface area contributed by atoms with E-state index in [0.29, 0.717) is 5.69 Å². The van der Waals surface area contributed by atoms with Crippen LogP contribution < -0.4 is 5.32 Å². The van der Waals surface area contributed by atoms with Crippen molar-refractivity contribution in [1.29, 1.82) is 0 Å². The van der Waals surface area contributed by atoms with Crippen molar-refractivity contribution in [3.63, 3.8) is 0 Å². The summed E-state index contributed by atoms with van der Waals surface area (Å²) in [5.41, 5.74) is 1.69. The Hall–Kier alpha value is -2.38. The van der Waals surface area contributed by atoms with Gasteiger partial charge in [-0.15, -0.1) is 0 Å². The third kappa shape index (κ3) is 4.81. The number of aliphatic hydroxyl groups is 1. The third-order valence-corrected chi connectivity index (χ3v) is 4.96. The maximum absolute atomic E-state index is 12.4. The van der Waals surface area contributed by atoms with Gasteiger partial charge in [0, 0.05) is 32.6 Å². The molecule has 0 saturated carbocycles. The molecular formula is C17H17N3O2S2. The predicted octanol–water partition coefficient (Wildman–Crippen LogP) is 3.29. The summed E-state index contributed by atoms with van der Waals surface area (Å²) in [7, 11) is -0.850. The first-order chi connectivity index (χ1) is 11.5. The number of amides is 1. The van der Waals surface area contributed by atoms with Crippen LogP contribution in [0.1, 0.15) is 12.5 Å². The molecule has 2 aromatic rings. The number of rotatable bonds is 5. The van der Waals surface area contributed by atoms with Crippen molar-refractivity contribution in [3.8, 4) is 0 Å². The smallest absolute Gasteiger partial charge is 0.260 e. The molecule has 7 heteroatoms. The summed E-state index contributed by atoms with van der Waals surface area (Å²) in [6.45, 7) is 3.33. The van der Waals surface area contributed by atoms with E-state index in [9.17, 15) is 9.90 Å². The molecule has 0 spiro atoms. The van der Waals surface area contributed by atoms with Gasteiger partial charge in [-0.05, 0) is 48.8 Å². The van der Waals surface area contributed by atoms with E-state index in [0.717, 1.165) is 10.5 Å². The van der Waals surface area contributed by atoms with E-state index in [1.165, 1.54) is 13.1 Å². The van der Waals surface area contributed by atoms with E-state index in [2.05, 4.69) is 14.7 Å². The van der Waals surface area contributed by atoms with Crippen molar-refractivity contribution >= 4 is 38.6 Å². The van der Waals surface area contributed by atoms with Gasteiger partial charge in [-0.1, -0.05) is 18.2 Å². The van der Waals surface area contributed by atoms with Gasteiger partial charge < -0.3 is 10.4 Å². The lowest BCUT2D eigenvalue weighted by atomic mass is 10.2. The molecule has 1 atom stereocenters. The Bertz CT molecular complexity index is 814. The first kappa shape index (κ1) is 18.0. The van der Waals surface area contributed by atoms with E-state index in [1.54, 1.807) is 30.6 Å². The number of aliphatic hydroxyl groups excluding tert-OH is 1. The van der Waals surface area contributed by atoms with E-state index in [-0.39, 0.29) is 11.3 Å². The Kier molecular flexibility index (Phi) is 6.34. The number of aromatic nitrogens is 1. The van der Waals surface area contributed by atoms with Crippen LogP contribution in [0.4, 0.5) is 5.69 Å². The van der Waals surface area contributed by atoms with Crippen LogP contribution in [-0.4, -0.2) is 22.2 Å². The minimum atomic E-state index is -0.850. The average Bonchev–Trinajstić information content (AvgIpc) is 2.57. The fraction of sp³-hybridized carbons (Fsp3) is 0.118. The highest BCUT2D eigenvalue weighted by molar-refractivity contribution is 8.28. The molecular weight excluding hydrogens is 342 g/mol. The van der Waals surface area contributed by atoms with Gasteiger partial charge >= 0.3 is 0 Å². The molecule has 1 aromatic carbocycles. The van der Waals surface area contributed by atoms with Crippen LogP contribution in [-0.2, 0) is 25.6 Å². The minimum Gasteiger partial charge on any atom is -0.512 e. The second-order valence-electron chi connectivity index (χ2n) is 4.93. The standard InChI is InChI=1S/C17H17N3O2S2/c1-12-5-3-4-6-16(12)20-17(22)15(13(2)21)11-19-24(23)14-7-9-18-10-8-14/h3-11,21H,1-2H3,(H,20,22)/t24-/m0/s1. The zero-order valence-electron chi connectivity index (χ0n) is 13.3. The lowest BCUT2D eigenvalue weighted by Crippen LogP contribution is -2.17. The molecule has 0 saturated heterocycles. The first-order valence-electron chi connectivity index (χ1n) is 7.12.